The Kier molecular flexibility index (Phi) is 4.69. The number of nitrogens with one attached hydrogen (secondary N) is 1. The summed E-state index contributed by atoms with van der Waals surface area (Å²) >= 11 is 0. The van der Waals surface area contributed by atoms with Crippen LogP contribution in [-0.2, 0) is 19.6 Å². The second kappa shape index (κ2) is 6.80. The summed E-state index contributed by atoms with van der Waals surface area (Å²) in [6.45, 7) is 1.90. The van der Waals surface area contributed by atoms with E-state index < -0.39 is 10.0 Å². The van der Waals surface area contributed by atoms with Gasteiger partial charge in [-0.05, 0) is 37.3 Å². The number of aryl methyl sites for hydroxylation is 1. The number of nitrogens with zero attached hydrogens (tertiary/aromatic N) is 1. The second-order valence-corrected chi connectivity index (χ2v) is 7.61. The SMILES string of the molecule is COc1ccc(S(=O)(=O)Nc2ccc(C)cc2)cc1N1C(=O)CCC1=O. The Hall–Kier alpha value is -2.87. The number of methoxy groups -OCH3 is 1. The standard InChI is InChI=1S/C18H18N2O5S/c1-12-3-5-13(6-4-12)19-26(23,24)14-7-8-16(25-2)15(11-14)20-17(21)9-10-18(20)22/h3-8,11,19H,9-10H2,1-2H3. The van der Waals surface area contributed by atoms with Crippen molar-refractivity contribution in [1.82, 2.24) is 0 Å². The largest absolute Gasteiger partial charge is 0.495 e. The van der Waals surface area contributed by atoms with Crippen LogP contribution in [0.5, 0.6) is 5.75 Å². The molecule has 1 saturated heterocycles. The van der Waals surface area contributed by atoms with Crippen molar-refractivity contribution in [2.24, 2.45) is 0 Å². The molecule has 2 aromatic rings. The van der Waals surface area contributed by atoms with Crippen molar-refractivity contribution >= 4 is 33.2 Å². The minimum absolute atomic E-state index is 0.0682. The van der Waals surface area contributed by atoms with Crippen LogP contribution in [0.2, 0.25) is 0 Å². The molecule has 0 spiro atoms. The van der Waals surface area contributed by atoms with Crippen molar-refractivity contribution in [1.29, 1.82) is 0 Å². The molecule has 0 aromatic heterocycles. The van der Waals surface area contributed by atoms with Gasteiger partial charge >= 0.3 is 0 Å². The lowest BCUT2D eigenvalue weighted by Crippen LogP contribution is -2.29. The maximum Gasteiger partial charge on any atom is 0.261 e. The van der Waals surface area contributed by atoms with Crippen LogP contribution >= 0.6 is 0 Å². The van der Waals surface area contributed by atoms with Crippen LogP contribution in [0.4, 0.5) is 11.4 Å². The fourth-order valence-corrected chi connectivity index (χ4v) is 3.77. The fraction of sp³-hybridized carbons (Fsp3) is 0.222. The van der Waals surface area contributed by atoms with Gasteiger partial charge in [0, 0.05) is 18.5 Å². The van der Waals surface area contributed by atoms with E-state index in [-0.39, 0.29) is 41.0 Å². The van der Waals surface area contributed by atoms with Crippen molar-refractivity contribution < 1.29 is 22.7 Å². The highest BCUT2D eigenvalue weighted by atomic mass is 32.2. The number of sulfonamides is 1. The Balaban J connectivity index is 2.00. The van der Waals surface area contributed by atoms with Gasteiger partial charge in [-0.2, -0.15) is 0 Å². The van der Waals surface area contributed by atoms with Gasteiger partial charge in [-0.3, -0.25) is 14.3 Å². The molecule has 0 aliphatic carbocycles. The maximum absolute atomic E-state index is 12.7. The average Bonchev–Trinajstić information content (AvgIpc) is 2.94. The molecule has 0 radical (unpaired) electrons. The van der Waals surface area contributed by atoms with Gasteiger partial charge in [-0.15, -0.1) is 0 Å². The van der Waals surface area contributed by atoms with E-state index >= 15 is 0 Å². The lowest BCUT2D eigenvalue weighted by atomic mass is 10.2. The summed E-state index contributed by atoms with van der Waals surface area (Å²) in [5.74, 6) is -0.508. The number of amides is 2. The molecular formula is C18H18N2O5S. The molecule has 1 heterocycles. The average molecular weight is 374 g/mol. The van der Waals surface area contributed by atoms with E-state index in [0.29, 0.717) is 5.69 Å². The molecule has 0 atom stereocenters. The lowest BCUT2D eigenvalue weighted by molar-refractivity contribution is -0.121. The smallest absolute Gasteiger partial charge is 0.261 e. The fourth-order valence-electron chi connectivity index (χ4n) is 2.69. The minimum atomic E-state index is -3.89. The van der Waals surface area contributed by atoms with E-state index in [1.54, 1.807) is 24.3 Å². The summed E-state index contributed by atoms with van der Waals surface area (Å²) in [5, 5.41) is 0. The first-order valence-electron chi connectivity index (χ1n) is 7.95. The van der Waals surface area contributed by atoms with Gasteiger partial charge in [0.25, 0.3) is 10.0 Å². The number of anilines is 2. The van der Waals surface area contributed by atoms with Gasteiger partial charge in [-0.1, -0.05) is 17.7 Å². The van der Waals surface area contributed by atoms with Crippen molar-refractivity contribution in [3.05, 3.63) is 48.0 Å². The number of rotatable bonds is 5. The van der Waals surface area contributed by atoms with E-state index in [4.69, 9.17) is 4.74 Å². The van der Waals surface area contributed by atoms with Crippen LogP contribution in [0.25, 0.3) is 0 Å². The molecule has 1 aliphatic heterocycles. The quantitative estimate of drug-likeness (QED) is 0.812. The number of hydrogen-bond acceptors (Lipinski definition) is 5. The highest BCUT2D eigenvalue weighted by molar-refractivity contribution is 7.92. The third kappa shape index (κ3) is 3.41. The monoisotopic (exact) mass is 374 g/mol. The summed E-state index contributed by atoms with van der Waals surface area (Å²) in [5.41, 5.74) is 1.55. The Bertz CT molecular complexity index is 952. The highest BCUT2D eigenvalue weighted by Crippen LogP contribution is 2.34. The molecule has 8 heteroatoms. The molecule has 1 aliphatic rings. The topological polar surface area (TPSA) is 92.8 Å². The maximum atomic E-state index is 12.7. The lowest BCUT2D eigenvalue weighted by Gasteiger charge is -2.18. The van der Waals surface area contributed by atoms with E-state index in [2.05, 4.69) is 4.72 Å². The van der Waals surface area contributed by atoms with Gasteiger partial charge in [0.15, 0.2) is 0 Å². The van der Waals surface area contributed by atoms with E-state index in [9.17, 15) is 18.0 Å². The Morgan fingerprint density at radius 1 is 1.00 bits per heavy atom. The van der Waals surface area contributed by atoms with E-state index in [0.717, 1.165) is 10.5 Å². The molecular weight excluding hydrogens is 356 g/mol. The summed E-state index contributed by atoms with van der Waals surface area (Å²) in [6.07, 6.45) is 0.196. The zero-order valence-corrected chi connectivity index (χ0v) is 15.2. The summed E-state index contributed by atoms with van der Waals surface area (Å²) in [6, 6.07) is 11.0. The predicted octanol–water partition coefficient (Wildman–Crippen LogP) is 2.46. The Labute approximate surface area is 151 Å². The number of ether oxygens (including phenoxy) is 1. The second-order valence-electron chi connectivity index (χ2n) is 5.93. The summed E-state index contributed by atoms with van der Waals surface area (Å²) in [7, 11) is -2.50. The van der Waals surface area contributed by atoms with E-state index in [1.807, 2.05) is 6.92 Å². The molecule has 0 bridgehead atoms. The van der Waals surface area contributed by atoms with Crippen LogP contribution in [0.1, 0.15) is 18.4 Å². The molecule has 1 fully saturated rings. The summed E-state index contributed by atoms with van der Waals surface area (Å²) < 4.78 is 33.0. The van der Waals surface area contributed by atoms with E-state index in [1.165, 1.54) is 25.3 Å². The Morgan fingerprint density at radius 2 is 1.62 bits per heavy atom. The zero-order chi connectivity index (χ0) is 18.9. The normalized spacial score (nSPS) is 14.6. The zero-order valence-electron chi connectivity index (χ0n) is 14.4. The van der Waals surface area contributed by atoms with Gasteiger partial charge in [0.05, 0.1) is 17.7 Å². The predicted molar refractivity (Wildman–Crippen MR) is 96.7 cm³/mol. The number of carbonyl (C=O) groups is 2. The van der Waals surface area contributed by atoms with Crippen LogP contribution in [0.3, 0.4) is 0 Å². The van der Waals surface area contributed by atoms with Crippen molar-refractivity contribution in [2.45, 2.75) is 24.7 Å². The van der Waals surface area contributed by atoms with Crippen molar-refractivity contribution in [3.8, 4) is 5.75 Å². The van der Waals surface area contributed by atoms with Gasteiger partial charge < -0.3 is 4.74 Å². The molecule has 1 N–H and O–H groups in total. The van der Waals surface area contributed by atoms with Crippen LogP contribution in [0, 0.1) is 6.92 Å². The van der Waals surface area contributed by atoms with Gasteiger partial charge in [0.1, 0.15) is 5.75 Å². The van der Waals surface area contributed by atoms with Crippen molar-refractivity contribution in [3.63, 3.8) is 0 Å². The molecule has 2 aromatic carbocycles. The Morgan fingerprint density at radius 3 is 2.19 bits per heavy atom. The molecule has 7 nitrogen and oxygen atoms in total. The first kappa shape index (κ1) is 17.9. The van der Waals surface area contributed by atoms with Crippen LogP contribution < -0.4 is 14.4 Å². The molecule has 3 rings (SSSR count). The van der Waals surface area contributed by atoms with Gasteiger partial charge in [0.2, 0.25) is 11.8 Å². The third-order valence-electron chi connectivity index (χ3n) is 4.06. The number of hydrogen-bond donors (Lipinski definition) is 1. The minimum Gasteiger partial charge on any atom is -0.495 e. The third-order valence-corrected chi connectivity index (χ3v) is 5.44. The summed E-state index contributed by atoms with van der Waals surface area (Å²) in [4.78, 5) is 25.0. The van der Waals surface area contributed by atoms with Crippen LogP contribution in [-0.4, -0.2) is 27.3 Å². The molecule has 2 amide bonds. The molecule has 0 unspecified atom stereocenters. The molecule has 136 valence electrons. The molecule has 26 heavy (non-hydrogen) atoms. The number of benzene rings is 2. The molecule has 0 saturated carbocycles. The van der Waals surface area contributed by atoms with Crippen molar-refractivity contribution in [2.75, 3.05) is 16.7 Å². The number of carbonyl (C=O) groups excluding carboxylic acids is 2. The van der Waals surface area contributed by atoms with Crippen LogP contribution in [0.15, 0.2) is 47.4 Å². The first-order valence-corrected chi connectivity index (χ1v) is 9.43. The highest BCUT2D eigenvalue weighted by Gasteiger charge is 2.33. The van der Waals surface area contributed by atoms with Gasteiger partial charge in [-0.25, -0.2) is 13.3 Å². The number of imide groups is 1. The first-order chi connectivity index (χ1) is 12.3.